The van der Waals surface area contributed by atoms with Gasteiger partial charge in [-0.3, -0.25) is 4.79 Å². The highest BCUT2D eigenvalue weighted by Crippen LogP contribution is 2.33. The molecule has 1 amide bonds. The van der Waals surface area contributed by atoms with Gasteiger partial charge in [-0.15, -0.1) is 0 Å². The molecule has 0 bridgehead atoms. The summed E-state index contributed by atoms with van der Waals surface area (Å²) in [4.78, 5) is 12.2. The van der Waals surface area contributed by atoms with E-state index in [2.05, 4.69) is 48.6 Å². The number of amides is 1. The number of hydrogen-bond acceptors (Lipinski definition) is 3. The van der Waals surface area contributed by atoms with Crippen LogP contribution in [0.4, 0.5) is 0 Å². The van der Waals surface area contributed by atoms with Gasteiger partial charge in [0, 0.05) is 17.7 Å². The van der Waals surface area contributed by atoms with Gasteiger partial charge in [-0.25, -0.2) is 0 Å². The average Bonchev–Trinajstić information content (AvgIpc) is 3.13. The molecule has 1 N–H and O–H groups in total. The maximum absolute atomic E-state index is 12.2. The molecule has 0 saturated heterocycles. The Balaban J connectivity index is 1.68. The van der Waals surface area contributed by atoms with Gasteiger partial charge in [0.25, 0.3) is 5.91 Å². The summed E-state index contributed by atoms with van der Waals surface area (Å²) in [5, 5.41) is 6.88. The summed E-state index contributed by atoms with van der Waals surface area (Å²) in [7, 11) is 0. The van der Waals surface area contributed by atoms with Crippen LogP contribution >= 0.6 is 0 Å². The Hall–Kier alpha value is -2.10. The molecule has 1 saturated carbocycles. The Kier molecular flexibility index (Phi) is 5.57. The Morgan fingerprint density at radius 1 is 1.12 bits per heavy atom. The standard InChI is InChI=1S/C21H28N2O2/c1-14(2)15(3)22-21(24)19-13-20(25-23-19)18-11-9-17(10-12-18)16-7-5-4-6-8-16/h9-16H,4-8H2,1-3H3,(H,22,24)/t15-/m0/s1. The van der Waals surface area contributed by atoms with Crippen LogP contribution < -0.4 is 5.32 Å². The van der Waals surface area contributed by atoms with Gasteiger partial charge in [-0.1, -0.05) is 62.5 Å². The number of benzene rings is 1. The van der Waals surface area contributed by atoms with E-state index in [4.69, 9.17) is 4.52 Å². The van der Waals surface area contributed by atoms with Gasteiger partial charge in [0.1, 0.15) is 0 Å². The largest absolute Gasteiger partial charge is 0.355 e. The zero-order valence-electron chi connectivity index (χ0n) is 15.4. The molecule has 0 unspecified atom stereocenters. The van der Waals surface area contributed by atoms with Crippen LogP contribution in [-0.2, 0) is 0 Å². The second-order valence-electron chi connectivity index (χ2n) is 7.54. The lowest BCUT2D eigenvalue weighted by molar-refractivity contribution is 0.0921. The van der Waals surface area contributed by atoms with Crippen LogP contribution in [0.1, 0.15) is 74.8 Å². The van der Waals surface area contributed by atoms with Crippen molar-refractivity contribution in [3.63, 3.8) is 0 Å². The number of aromatic nitrogens is 1. The summed E-state index contributed by atoms with van der Waals surface area (Å²) in [6.07, 6.45) is 6.62. The second kappa shape index (κ2) is 7.85. The molecule has 3 rings (SSSR count). The van der Waals surface area contributed by atoms with Crippen molar-refractivity contribution >= 4 is 5.91 Å². The Morgan fingerprint density at radius 2 is 1.80 bits per heavy atom. The molecular weight excluding hydrogens is 312 g/mol. The minimum atomic E-state index is -0.185. The van der Waals surface area contributed by atoms with Gasteiger partial charge in [0.2, 0.25) is 0 Å². The van der Waals surface area contributed by atoms with Gasteiger partial charge < -0.3 is 9.84 Å². The van der Waals surface area contributed by atoms with Gasteiger partial charge in [-0.2, -0.15) is 0 Å². The lowest BCUT2D eigenvalue weighted by Gasteiger charge is -2.21. The molecule has 1 aliphatic carbocycles. The fraction of sp³-hybridized carbons (Fsp3) is 0.524. The summed E-state index contributed by atoms with van der Waals surface area (Å²) >= 11 is 0. The highest BCUT2D eigenvalue weighted by atomic mass is 16.5. The van der Waals surface area contributed by atoms with Gasteiger partial charge >= 0.3 is 0 Å². The molecule has 1 aromatic carbocycles. The van der Waals surface area contributed by atoms with E-state index in [1.54, 1.807) is 6.07 Å². The number of carbonyl (C=O) groups excluding carboxylic acids is 1. The molecular formula is C21H28N2O2. The fourth-order valence-corrected chi connectivity index (χ4v) is 3.32. The first-order valence-electron chi connectivity index (χ1n) is 9.42. The summed E-state index contributed by atoms with van der Waals surface area (Å²) < 4.78 is 5.39. The smallest absolute Gasteiger partial charge is 0.273 e. The maximum atomic E-state index is 12.2. The molecule has 1 atom stereocenters. The summed E-state index contributed by atoms with van der Waals surface area (Å²) in [5.41, 5.74) is 2.70. The van der Waals surface area contributed by atoms with Crippen molar-refractivity contribution in [1.82, 2.24) is 10.5 Å². The molecule has 1 aliphatic rings. The van der Waals surface area contributed by atoms with E-state index >= 15 is 0 Å². The summed E-state index contributed by atoms with van der Waals surface area (Å²) in [6.45, 7) is 6.15. The number of nitrogens with zero attached hydrogens (tertiary/aromatic N) is 1. The zero-order chi connectivity index (χ0) is 17.8. The third-order valence-electron chi connectivity index (χ3n) is 5.37. The van der Waals surface area contributed by atoms with Gasteiger partial charge in [0.05, 0.1) is 0 Å². The first-order valence-corrected chi connectivity index (χ1v) is 9.42. The molecule has 2 aromatic rings. The first-order chi connectivity index (χ1) is 12.0. The highest BCUT2D eigenvalue weighted by molar-refractivity contribution is 5.93. The number of hydrogen-bond donors (Lipinski definition) is 1. The third kappa shape index (κ3) is 4.30. The van der Waals surface area contributed by atoms with Crippen molar-refractivity contribution < 1.29 is 9.32 Å². The fourth-order valence-electron chi connectivity index (χ4n) is 3.32. The Bertz CT molecular complexity index is 697. The lowest BCUT2D eigenvalue weighted by Crippen LogP contribution is -2.36. The van der Waals surface area contributed by atoms with Crippen LogP contribution in [0.25, 0.3) is 11.3 Å². The van der Waals surface area contributed by atoms with Crippen LogP contribution in [0.2, 0.25) is 0 Å². The van der Waals surface area contributed by atoms with E-state index in [0.717, 1.165) is 5.56 Å². The normalized spacial score (nSPS) is 16.8. The van der Waals surface area contributed by atoms with E-state index < -0.39 is 0 Å². The third-order valence-corrected chi connectivity index (χ3v) is 5.37. The molecule has 0 spiro atoms. The zero-order valence-corrected chi connectivity index (χ0v) is 15.4. The van der Waals surface area contributed by atoms with Gasteiger partial charge in [-0.05, 0) is 37.2 Å². The summed E-state index contributed by atoms with van der Waals surface area (Å²) in [5.74, 6) is 1.52. The van der Waals surface area contributed by atoms with Crippen molar-refractivity contribution in [2.45, 2.75) is 64.8 Å². The number of nitrogens with one attached hydrogen (secondary N) is 1. The van der Waals surface area contributed by atoms with E-state index in [1.165, 1.54) is 37.7 Å². The quantitative estimate of drug-likeness (QED) is 0.817. The van der Waals surface area contributed by atoms with Crippen LogP contribution in [0, 0.1) is 5.92 Å². The predicted molar refractivity (Wildman–Crippen MR) is 99.5 cm³/mol. The van der Waals surface area contributed by atoms with Crippen molar-refractivity contribution in [3.05, 3.63) is 41.6 Å². The monoisotopic (exact) mass is 340 g/mol. The second-order valence-corrected chi connectivity index (χ2v) is 7.54. The first kappa shape index (κ1) is 17.7. The topological polar surface area (TPSA) is 55.1 Å². The molecule has 4 heteroatoms. The lowest BCUT2D eigenvalue weighted by atomic mass is 9.84. The molecule has 1 aromatic heterocycles. The van der Waals surface area contributed by atoms with Crippen LogP contribution in [0.15, 0.2) is 34.9 Å². The summed E-state index contributed by atoms with van der Waals surface area (Å²) in [6, 6.07) is 10.3. The minimum absolute atomic E-state index is 0.0995. The minimum Gasteiger partial charge on any atom is -0.355 e. The Morgan fingerprint density at radius 3 is 2.44 bits per heavy atom. The number of rotatable bonds is 5. The van der Waals surface area contributed by atoms with E-state index in [1.807, 2.05) is 6.92 Å². The molecule has 4 nitrogen and oxygen atoms in total. The van der Waals surface area contributed by atoms with Crippen molar-refractivity contribution in [3.8, 4) is 11.3 Å². The molecule has 0 radical (unpaired) electrons. The molecule has 1 heterocycles. The molecule has 0 aliphatic heterocycles. The van der Waals surface area contributed by atoms with Crippen molar-refractivity contribution in [2.24, 2.45) is 5.92 Å². The molecule has 1 fully saturated rings. The average molecular weight is 340 g/mol. The van der Waals surface area contributed by atoms with Crippen molar-refractivity contribution in [1.29, 1.82) is 0 Å². The van der Waals surface area contributed by atoms with E-state index in [0.29, 0.717) is 23.3 Å². The molecule has 25 heavy (non-hydrogen) atoms. The predicted octanol–water partition coefficient (Wildman–Crippen LogP) is 5.16. The SMILES string of the molecule is CC(C)[C@H](C)NC(=O)c1cc(-c2ccc(C3CCCCC3)cc2)on1. The number of carbonyl (C=O) groups is 1. The van der Waals surface area contributed by atoms with Crippen LogP contribution in [0.3, 0.4) is 0 Å². The van der Waals surface area contributed by atoms with Crippen LogP contribution in [-0.4, -0.2) is 17.1 Å². The van der Waals surface area contributed by atoms with E-state index in [-0.39, 0.29) is 11.9 Å². The maximum Gasteiger partial charge on any atom is 0.273 e. The van der Waals surface area contributed by atoms with Crippen molar-refractivity contribution in [2.75, 3.05) is 0 Å². The van der Waals surface area contributed by atoms with Gasteiger partial charge in [0.15, 0.2) is 11.5 Å². The molecule has 134 valence electrons. The van der Waals surface area contributed by atoms with E-state index in [9.17, 15) is 4.79 Å². The van der Waals surface area contributed by atoms with Crippen LogP contribution in [0.5, 0.6) is 0 Å². The Labute approximate surface area is 150 Å². The highest BCUT2D eigenvalue weighted by Gasteiger charge is 2.18.